The number of aliphatic imine (C=N–C) groups is 1. The zero-order valence-corrected chi connectivity index (χ0v) is 11.0. The van der Waals surface area contributed by atoms with Gasteiger partial charge in [0.1, 0.15) is 0 Å². The Morgan fingerprint density at radius 2 is 2.10 bits per heavy atom. The average Bonchev–Trinajstić information content (AvgIpc) is 3.09. The fraction of sp³-hybridized carbons (Fsp3) is 0.333. The highest BCUT2D eigenvalue weighted by atomic mass is 16.1. The average molecular weight is 269 g/mol. The summed E-state index contributed by atoms with van der Waals surface area (Å²) in [5.41, 5.74) is 1.11. The van der Waals surface area contributed by atoms with Crippen LogP contribution in [0, 0.1) is 0 Å². The lowest BCUT2D eigenvalue weighted by molar-refractivity contribution is 0.455. The molecule has 20 heavy (non-hydrogen) atoms. The highest BCUT2D eigenvalue weighted by Crippen LogP contribution is 2.42. The van der Waals surface area contributed by atoms with E-state index < -0.39 is 5.54 Å². The van der Waals surface area contributed by atoms with Gasteiger partial charge in [-0.25, -0.2) is 9.59 Å². The zero-order valence-electron chi connectivity index (χ0n) is 11.0. The van der Waals surface area contributed by atoms with Gasteiger partial charge in [-0.15, -0.1) is 0 Å². The molecule has 1 aliphatic carbocycles. The summed E-state index contributed by atoms with van der Waals surface area (Å²) >= 11 is 0. The molecular formula is C15H15N3O2. The lowest BCUT2D eigenvalue weighted by Gasteiger charge is -2.23. The standard InChI is InChI=1S/C15H15N3O2/c19-11-17-15(6-1-2-7-15)12-4-3-5-13(10-12)18-9-8-16-14(18)20/h3-5,8-10H,1-2,6-7H2,(H,16,20). The molecule has 0 bridgehead atoms. The van der Waals surface area contributed by atoms with Crippen LogP contribution in [0.3, 0.4) is 0 Å². The van der Waals surface area contributed by atoms with Gasteiger partial charge in [-0.05, 0) is 30.5 Å². The molecule has 1 heterocycles. The van der Waals surface area contributed by atoms with Crippen LogP contribution in [-0.4, -0.2) is 15.6 Å². The Balaban J connectivity index is 2.09. The first kappa shape index (κ1) is 12.6. The van der Waals surface area contributed by atoms with Crippen LogP contribution in [-0.2, 0) is 10.3 Å². The highest BCUT2D eigenvalue weighted by molar-refractivity contribution is 5.43. The molecule has 0 amide bonds. The minimum Gasteiger partial charge on any atom is -0.312 e. The topological polar surface area (TPSA) is 67.2 Å². The largest absolute Gasteiger partial charge is 0.330 e. The second-order valence-corrected chi connectivity index (χ2v) is 5.13. The SMILES string of the molecule is O=C=NC1(c2cccc(-n3cc[nH]c3=O)c2)CCCC1. The summed E-state index contributed by atoms with van der Waals surface area (Å²) in [5, 5.41) is 0. The van der Waals surface area contributed by atoms with Crippen LogP contribution < -0.4 is 5.69 Å². The van der Waals surface area contributed by atoms with E-state index in [2.05, 4.69) is 9.98 Å². The van der Waals surface area contributed by atoms with Crippen molar-refractivity contribution in [2.75, 3.05) is 0 Å². The summed E-state index contributed by atoms with van der Waals surface area (Å²) in [7, 11) is 0. The Kier molecular flexibility index (Phi) is 3.12. The molecule has 0 saturated heterocycles. The predicted molar refractivity (Wildman–Crippen MR) is 74.7 cm³/mol. The van der Waals surface area contributed by atoms with Gasteiger partial charge in [0, 0.05) is 12.4 Å². The third-order valence-electron chi connectivity index (χ3n) is 4.00. The maximum absolute atomic E-state index is 11.7. The van der Waals surface area contributed by atoms with Crippen molar-refractivity contribution < 1.29 is 4.79 Å². The molecular weight excluding hydrogens is 254 g/mol. The molecule has 5 nitrogen and oxygen atoms in total. The number of isocyanates is 1. The van der Waals surface area contributed by atoms with E-state index in [4.69, 9.17) is 0 Å². The molecule has 0 aliphatic heterocycles. The van der Waals surface area contributed by atoms with Crippen LogP contribution in [0.4, 0.5) is 0 Å². The molecule has 1 saturated carbocycles. The van der Waals surface area contributed by atoms with Crippen LogP contribution >= 0.6 is 0 Å². The number of benzene rings is 1. The zero-order chi connectivity index (χ0) is 14.0. The molecule has 0 spiro atoms. The highest BCUT2D eigenvalue weighted by Gasteiger charge is 2.35. The quantitative estimate of drug-likeness (QED) is 0.686. The maximum Gasteiger partial charge on any atom is 0.330 e. The van der Waals surface area contributed by atoms with E-state index >= 15 is 0 Å². The molecule has 5 heteroatoms. The van der Waals surface area contributed by atoms with Crippen molar-refractivity contribution in [2.45, 2.75) is 31.2 Å². The smallest absolute Gasteiger partial charge is 0.312 e. The van der Waals surface area contributed by atoms with Crippen molar-refractivity contribution in [1.29, 1.82) is 0 Å². The number of hydrogen-bond donors (Lipinski definition) is 1. The summed E-state index contributed by atoms with van der Waals surface area (Å²) in [6.07, 6.45) is 8.82. The van der Waals surface area contributed by atoms with Crippen molar-refractivity contribution in [3.63, 3.8) is 0 Å². The number of rotatable bonds is 3. The Hall–Kier alpha value is -2.39. The maximum atomic E-state index is 11.7. The monoisotopic (exact) mass is 269 g/mol. The summed E-state index contributed by atoms with van der Waals surface area (Å²) in [6, 6.07) is 7.66. The molecule has 1 aromatic carbocycles. The molecule has 3 rings (SSSR count). The summed E-state index contributed by atoms with van der Waals surface area (Å²) < 4.78 is 1.54. The van der Waals surface area contributed by atoms with E-state index in [-0.39, 0.29) is 5.69 Å². The van der Waals surface area contributed by atoms with Gasteiger partial charge < -0.3 is 4.98 Å². The number of H-pyrrole nitrogens is 1. The molecule has 2 aromatic rings. The molecule has 0 unspecified atom stereocenters. The molecule has 1 aromatic heterocycles. The second-order valence-electron chi connectivity index (χ2n) is 5.13. The van der Waals surface area contributed by atoms with E-state index in [9.17, 15) is 9.59 Å². The first-order valence-electron chi connectivity index (χ1n) is 6.71. The summed E-state index contributed by atoms with van der Waals surface area (Å²) in [4.78, 5) is 29.1. The van der Waals surface area contributed by atoms with Crippen LogP contribution in [0.2, 0.25) is 0 Å². The van der Waals surface area contributed by atoms with Gasteiger partial charge in [0.2, 0.25) is 6.08 Å². The van der Waals surface area contributed by atoms with Gasteiger partial charge in [0.25, 0.3) is 0 Å². The van der Waals surface area contributed by atoms with Crippen molar-refractivity contribution in [1.82, 2.24) is 9.55 Å². The van der Waals surface area contributed by atoms with E-state index in [1.807, 2.05) is 24.3 Å². The van der Waals surface area contributed by atoms with E-state index in [0.717, 1.165) is 36.9 Å². The molecule has 0 radical (unpaired) electrons. The number of aromatic nitrogens is 2. The summed E-state index contributed by atoms with van der Waals surface area (Å²) in [6.45, 7) is 0. The molecule has 102 valence electrons. The van der Waals surface area contributed by atoms with Gasteiger partial charge in [-0.3, -0.25) is 4.57 Å². The van der Waals surface area contributed by atoms with Crippen molar-refractivity contribution in [2.24, 2.45) is 4.99 Å². The molecule has 0 atom stereocenters. The normalized spacial score (nSPS) is 16.8. The molecule has 1 N–H and O–H groups in total. The third-order valence-corrected chi connectivity index (χ3v) is 4.00. The van der Waals surface area contributed by atoms with Crippen LogP contribution in [0.5, 0.6) is 0 Å². The van der Waals surface area contributed by atoms with Gasteiger partial charge in [0.05, 0.1) is 11.2 Å². The van der Waals surface area contributed by atoms with E-state index in [0.29, 0.717) is 0 Å². The van der Waals surface area contributed by atoms with Crippen LogP contribution in [0.25, 0.3) is 5.69 Å². The molecule has 1 fully saturated rings. The Labute approximate surface area is 116 Å². The fourth-order valence-electron chi connectivity index (χ4n) is 2.98. The van der Waals surface area contributed by atoms with Crippen molar-refractivity contribution in [3.05, 3.63) is 52.7 Å². The molecule has 1 aliphatic rings. The van der Waals surface area contributed by atoms with Gasteiger partial charge >= 0.3 is 5.69 Å². The predicted octanol–water partition coefficient (Wildman–Crippen LogP) is 2.27. The number of nitrogens with one attached hydrogen (secondary N) is 1. The summed E-state index contributed by atoms with van der Waals surface area (Å²) in [5.74, 6) is 0. The third kappa shape index (κ3) is 2.02. The lowest BCUT2D eigenvalue weighted by atomic mass is 9.88. The van der Waals surface area contributed by atoms with E-state index in [1.165, 1.54) is 4.57 Å². The minimum atomic E-state index is -0.461. The van der Waals surface area contributed by atoms with Gasteiger partial charge in [0.15, 0.2) is 0 Å². The second kappa shape index (κ2) is 4.94. The number of nitrogens with zero attached hydrogens (tertiary/aromatic N) is 2. The number of aromatic amines is 1. The minimum absolute atomic E-state index is 0.179. The number of carbonyl (C=O) groups excluding carboxylic acids is 1. The first-order valence-corrected chi connectivity index (χ1v) is 6.71. The lowest BCUT2D eigenvalue weighted by Crippen LogP contribution is -2.20. The Bertz CT molecular complexity index is 716. The fourth-order valence-corrected chi connectivity index (χ4v) is 2.98. The van der Waals surface area contributed by atoms with Gasteiger partial charge in [-0.2, -0.15) is 4.99 Å². The Morgan fingerprint density at radius 3 is 2.75 bits per heavy atom. The number of hydrogen-bond acceptors (Lipinski definition) is 3. The van der Waals surface area contributed by atoms with Crippen molar-refractivity contribution >= 4 is 6.08 Å². The van der Waals surface area contributed by atoms with Crippen molar-refractivity contribution in [3.8, 4) is 5.69 Å². The van der Waals surface area contributed by atoms with Crippen LogP contribution in [0.1, 0.15) is 31.2 Å². The number of imidazole rings is 1. The first-order chi connectivity index (χ1) is 9.75. The van der Waals surface area contributed by atoms with E-state index in [1.54, 1.807) is 18.5 Å². The Morgan fingerprint density at radius 1 is 1.30 bits per heavy atom. The van der Waals surface area contributed by atoms with Crippen LogP contribution in [0.15, 0.2) is 46.4 Å². The van der Waals surface area contributed by atoms with Gasteiger partial charge in [-0.1, -0.05) is 25.0 Å².